The number of carbonyl (C=O) groups excluding carboxylic acids is 3. The average Bonchev–Trinajstić information content (AvgIpc) is 2.79. The smallest absolute Gasteiger partial charge is 0.321 e. The zero-order chi connectivity index (χ0) is 18.7. The molecule has 2 fully saturated rings. The Balaban J connectivity index is 1.61. The summed E-state index contributed by atoms with van der Waals surface area (Å²) in [5.41, 5.74) is 7.34. The topological polar surface area (TPSA) is 105 Å². The molecule has 7 nitrogen and oxygen atoms in total. The summed E-state index contributed by atoms with van der Waals surface area (Å²) in [6.45, 7) is 3.95. The van der Waals surface area contributed by atoms with Crippen LogP contribution in [0, 0.1) is 12.3 Å². The van der Waals surface area contributed by atoms with Crippen molar-refractivity contribution in [3.8, 4) is 0 Å². The van der Waals surface area contributed by atoms with Crippen LogP contribution >= 0.6 is 0 Å². The van der Waals surface area contributed by atoms with Gasteiger partial charge in [0.1, 0.15) is 0 Å². The molecule has 3 rings (SSSR count). The molecule has 4 amide bonds. The van der Waals surface area contributed by atoms with Gasteiger partial charge in [-0.1, -0.05) is 6.07 Å². The fourth-order valence-electron chi connectivity index (χ4n) is 3.85. The molecule has 4 N–H and O–H groups in total. The van der Waals surface area contributed by atoms with Crippen molar-refractivity contribution < 1.29 is 14.4 Å². The number of carbonyl (C=O) groups is 3. The molecular formula is C19H26N4O3. The molecule has 140 valence electrons. The molecule has 1 aromatic rings. The molecular weight excluding hydrogens is 332 g/mol. The Kier molecular flexibility index (Phi) is 5.15. The van der Waals surface area contributed by atoms with Gasteiger partial charge >= 0.3 is 6.03 Å². The van der Waals surface area contributed by atoms with Crippen molar-refractivity contribution >= 4 is 23.5 Å². The summed E-state index contributed by atoms with van der Waals surface area (Å²) in [7, 11) is 0. The van der Waals surface area contributed by atoms with Crippen molar-refractivity contribution in [1.29, 1.82) is 0 Å². The zero-order valence-corrected chi connectivity index (χ0v) is 15.1. The first-order valence-electron chi connectivity index (χ1n) is 9.12. The number of hydrogen-bond donors (Lipinski definition) is 3. The normalized spacial score (nSPS) is 19.6. The van der Waals surface area contributed by atoms with Gasteiger partial charge in [0, 0.05) is 37.3 Å². The average molecular weight is 358 g/mol. The Morgan fingerprint density at radius 2 is 1.92 bits per heavy atom. The maximum absolute atomic E-state index is 12.6. The van der Waals surface area contributed by atoms with Gasteiger partial charge in [-0.3, -0.25) is 9.59 Å². The third kappa shape index (κ3) is 3.98. The number of anilines is 1. The number of piperidine rings is 1. The van der Waals surface area contributed by atoms with Crippen LogP contribution in [-0.2, 0) is 4.79 Å². The number of aryl methyl sites for hydroxylation is 1. The van der Waals surface area contributed by atoms with E-state index in [4.69, 9.17) is 5.73 Å². The first-order valence-corrected chi connectivity index (χ1v) is 9.12. The Morgan fingerprint density at radius 3 is 2.62 bits per heavy atom. The molecule has 0 aromatic heterocycles. The van der Waals surface area contributed by atoms with Gasteiger partial charge in [0.15, 0.2) is 0 Å². The number of likely N-dealkylation sites (tertiary alicyclic amines) is 1. The third-order valence-corrected chi connectivity index (χ3v) is 5.73. The van der Waals surface area contributed by atoms with E-state index in [1.165, 1.54) is 0 Å². The van der Waals surface area contributed by atoms with Crippen LogP contribution in [0.5, 0.6) is 0 Å². The maximum atomic E-state index is 12.6. The van der Waals surface area contributed by atoms with Crippen LogP contribution in [0.4, 0.5) is 10.5 Å². The minimum Gasteiger partial charge on any atom is -0.366 e. The summed E-state index contributed by atoms with van der Waals surface area (Å²) < 4.78 is 0. The van der Waals surface area contributed by atoms with Gasteiger partial charge in [-0.05, 0) is 55.7 Å². The highest BCUT2D eigenvalue weighted by atomic mass is 16.2. The van der Waals surface area contributed by atoms with E-state index < -0.39 is 5.91 Å². The molecule has 0 atom stereocenters. The monoisotopic (exact) mass is 358 g/mol. The van der Waals surface area contributed by atoms with E-state index in [1.807, 2.05) is 11.8 Å². The van der Waals surface area contributed by atoms with Gasteiger partial charge in [-0.25, -0.2) is 4.79 Å². The van der Waals surface area contributed by atoms with Gasteiger partial charge in [-0.15, -0.1) is 0 Å². The molecule has 1 spiro atoms. The lowest BCUT2D eigenvalue weighted by atomic mass is 9.73. The second-order valence-electron chi connectivity index (χ2n) is 7.41. The number of hydrogen-bond acceptors (Lipinski definition) is 3. The van der Waals surface area contributed by atoms with E-state index in [0.29, 0.717) is 30.8 Å². The molecule has 0 bridgehead atoms. The number of primary amides is 1. The van der Waals surface area contributed by atoms with Crippen molar-refractivity contribution in [2.75, 3.05) is 25.0 Å². The van der Waals surface area contributed by atoms with Crippen molar-refractivity contribution in [2.24, 2.45) is 11.1 Å². The Morgan fingerprint density at radius 1 is 1.19 bits per heavy atom. The summed E-state index contributed by atoms with van der Waals surface area (Å²) in [6.07, 6.45) is 4.28. The second kappa shape index (κ2) is 7.35. The van der Waals surface area contributed by atoms with Crippen LogP contribution in [0.3, 0.4) is 0 Å². The van der Waals surface area contributed by atoms with Crippen LogP contribution in [0.2, 0.25) is 0 Å². The summed E-state index contributed by atoms with van der Waals surface area (Å²) in [5.74, 6) is -0.385. The van der Waals surface area contributed by atoms with Gasteiger partial charge in [-0.2, -0.15) is 0 Å². The van der Waals surface area contributed by atoms with E-state index in [-0.39, 0.29) is 17.4 Å². The number of nitrogens with one attached hydrogen (secondary N) is 2. The third-order valence-electron chi connectivity index (χ3n) is 5.73. The SMILES string of the molecule is Cc1ccc(C(N)=O)cc1NC(=O)N1CCC2(CCNC(=O)CC2)CC1. The fourth-order valence-corrected chi connectivity index (χ4v) is 3.85. The predicted octanol–water partition coefficient (Wildman–Crippen LogP) is 2.01. The van der Waals surface area contributed by atoms with Crippen molar-refractivity contribution in [3.63, 3.8) is 0 Å². The molecule has 0 aliphatic carbocycles. The lowest BCUT2D eigenvalue weighted by molar-refractivity contribution is -0.121. The van der Waals surface area contributed by atoms with Crippen molar-refractivity contribution in [1.82, 2.24) is 10.2 Å². The fraction of sp³-hybridized carbons (Fsp3) is 0.526. The number of amides is 4. The minimum absolute atomic E-state index is 0.131. The van der Waals surface area contributed by atoms with Gasteiger partial charge in [0.05, 0.1) is 0 Å². The minimum atomic E-state index is -0.517. The van der Waals surface area contributed by atoms with E-state index in [9.17, 15) is 14.4 Å². The highest BCUT2D eigenvalue weighted by molar-refractivity contribution is 5.96. The molecule has 0 saturated carbocycles. The summed E-state index contributed by atoms with van der Waals surface area (Å²) in [5, 5.41) is 5.83. The highest BCUT2D eigenvalue weighted by Crippen LogP contribution is 2.40. The van der Waals surface area contributed by atoms with Crippen molar-refractivity contribution in [3.05, 3.63) is 29.3 Å². The Bertz CT molecular complexity index is 723. The molecule has 2 heterocycles. The van der Waals surface area contributed by atoms with Crippen LogP contribution in [-0.4, -0.2) is 42.4 Å². The summed E-state index contributed by atoms with van der Waals surface area (Å²) in [6, 6.07) is 4.88. The highest BCUT2D eigenvalue weighted by Gasteiger charge is 2.37. The Labute approximate surface area is 153 Å². The van der Waals surface area contributed by atoms with Crippen LogP contribution < -0.4 is 16.4 Å². The van der Waals surface area contributed by atoms with Gasteiger partial charge in [0.2, 0.25) is 11.8 Å². The van der Waals surface area contributed by atoms with Gasteiger partial charge < -0.3 is 21.3 Å². The first kappa shape index (κ1) is 18.2. The van der Waals surface area contributed by atoms with E-state index in [0.717, 1.165) is 37.8 Å². The summed E-state index contributed by atoms with van der Waals surface area (Å²) in [4.78, 5) is 37.3. The quantitative estimate of drug-likeness (QED) is 0.753. The number of rotatable bonds is 2. The first-order chi connectivity index (χ1) is 12.4. The van der Waals surface area contributed by atoms with E-state index in [2.05, 4.69) is 10.6 Å². The molecule has 2 aliphatic heterocycles. The van der Waals surface area contributed by atoms with Crippen molar-refractivity contribution in [2.45, 2.75) is 39.0 Å². The molecule has 0 unspecified atom stereocenters. The lowest BCUT2D eigenvalue weighted by Gasteiger charge is -2.41. The molecule has 0 radical (unpaired) electrons. The lowest BCUT2D eigenvalue weighted by Crippen LogP contribution is -2.45. The van der Waals surface area contributed by atoms with E-state index in [1.54, 1.807) is 18.2 Å². The second-order valence-corrected chi connectivity index (χ2v) is 7.41. The molecule has 26 heavy (non-hydrogen) atoms. The maximum Gasteiger partial charge on any atom is 0.321 e. The molecule has 2 saturated heterocycles. The van der Waals surface area contributed by atoms with Crippen LogP contribution in [0.15, 0.2) is 18.2 Å². The van der Waals surface area contributed by atoms with E-state index >= 15 is 0 Å². The molecule has 7 heteroatoms. The number of urea groups is 1. The van der Waals surface area contributed by atoms with Gasteiger partial charge in [0.25, 0.3) is 0 Å². The zero-order valence-electron chi connectivity index (χ0n) is 15.1. The Hall–Kier alpha value is -2.57. The number of nitrogens with two attached hydrogens (primary N) is 1. The number of benzene rings is 1. The summed E-state index contributed by atoms with van der Waals surface area (Å²) >= 11 is 0. The molecule has 1 aromatic carbocycles. The standard InChI is InChI=1S/C19H26N4O3/c1-13-2-3-14(17(20)25)12-15(13)22-18(26)23-10-7-19(8-11-23)5-4-16(24)21-9-6-19/h2-3,12H,4-11H2,1H3,(H2,20,25)(H,21,24)(H,22,26). The van der Waals surface area contributed by atoms with Crippen LogP contribution in [0.25, 0.3) is 0 Å². The van der Waals surface area contributed by atoms with Crippen LogP contribution in [0.1, 0.15) is 48.0 Å². The molecule has 2 aliphatic rings. The number of nitrogens with zero attached hydrogens (tertiary/aromatic N) is 1. The predicted molar refractivity (Wildman–Crippen MR) is 98.8 cm³/mol. The largest absolute Gasteiger partial charge is 0.366 e.